The van der Waals surface area contributed by atoms with Crippen molar-refractivity contribution in [2.45, 2.75) is 31.3 Å². The standard InChI is InChI=1S/C24H23N3O7S/c1-14-11-18(15(2)27(14)16-7-9-17(10-8-16)35(25,31)32)20(28)13-33-23(29)12-22-24(30)26-19-5-3-4-6-21(19)34-22/h3-11,22H,12-13H2,1-2H3,(H,26,30)(H2,25,31,32)/t22-/m0/s1. The number of esters is 1. The number of primary sulfonamides is 1. The van der Waals surface area contributed by atoms with Gasteiger partial charge < -0.3 is 19.4 Å². The molecule has 0 fully saturated rings. The highest BCUT2D eigenvalue weighted by atomic mass is 32.2. The molecule has 3 aromatic rings. The molecule has 0 radical (unpaired) electrons. The number of aromatic nitrogens is 1. The summed E-state index contributed by atoms with van der Waals surface area (Å²) in [7, 11) is -3.82. The van der Waals surface area contributed by atoms with E-state index in [1.165, 1.54) is 12.1 Å². The van der Waals surface area contributed by atoms with Crippen LogP contribution in [0.4, 0.5) is 5.69 Å². The Labute approximate surface area is 201 Å². The topological polar surface area (TPSA) is 147 Å². The summed E-state index contributed by atoms with van der Waals surface area (Å²) >= 11 is 0. The predicted octanol–water partition coefficient (Wildman–Crippen LogP) is 2.26. The van der Waals surface area contributed by atoms with E-state index >= 15 is 0 Å². The number of hydrogen-bond acceptors (Lipinski definition) is 7. The van der Waals surface area contributed by atoms with Crippen LogP contribution in [0.3, 0.4) is 0 Å². The number of benzene rings is 2. The van der Waals surface area contributed by atoms with Gasteiger partial charge >= 0.3 is 5.97 Å². The summed E-state index contributed by atoms with van der Waals surface area (Å²) in [5.74, 6) is -1.18. The van der Waals surface area contributed by atoms with Crippen molar-refractivity contribution in [1.82, 2.24) is 4.57 Å². The first-order chi connectivity index (χ1) is 16.5. The molecule has 0 spiro atoms. The van der Waals surface area contributed by atoms with Crippen LogP contribution >= 0.6 is 0 Å². The summed E-state index contributed by atoms with van der Waals surface area (Å²) < 4.78 is 35.5. The number of fused-ring (bicyclic) bond motifs is 1. The largest absolute Gasteiger partial charge is 0.478 e. The normalized spacial score (nSPS) is 15.1. The van der Waals surface area contributed by atoms with E-state index in [9.17, 15) is 22.8 Å². The average Bonchev–Trinajstić information content (AvgIpc) is 3.11. The van der Waals surface area contributed by atoms with Crippen molar-refractivity contribution in [1.29, 1.82) is 0 Å². The van der Waals surface area contributed by atoms with Crippen LogP contribution in [0.15, 0.2) is 59.5 Å². The molecule has 2 heterocycles. The number of aryl methyl sites for hydroxylation is 1. The molecule has 0 aliphatic carbocycles. The van der Waals surface area contributed by atoms with Crippen molar-refractivity contribution in [3.63, 3.8) is 0 Å². The van der Waals surface area contributed by atoms with Crippen LogP contribution in [0.25, 0.3) is 5.69 Å². The highest BCUT2D eigenvalue weighted by Crippen LogP contribution is 2.29. The van der Waals surface area contributed by atoms with E-state index in [1.807, 2.05) is 0 Å². The van der Waals surface area contributed by atoms with E-state index < -0.39 is 40.4 Å². The summed E-state index contributed by atoms with van der Waals surface area (Å²) in [4.78, 5) is 37.2. The zero-order chi connectivity index (χ0) is 25.3. The zero-order valence-corrected chi connectivity index (χ0v) is 19.8. The van der Waals surface area contributed by atoms with Crippen molar-refractivity contribution in [3.8, 4) is 11.4 Å². The smallest absolute Gasteiger partial charge is 0.310 e. The van der Waals surface area contributed by atoms with Gasteiger partial charge in [-0.1, -0.05) is 12.1 Å². The fourth-order valence-electron chi connectivity index (χ4n) is 3.89. The molecular formula is C24H23N3O7S. The Kier molecular flexibility index (Phi) is 6.46. The molecule has 0 bridgehead atoms. The molecule has 1 aliphatic rings. The molecule has 182 valence electrons. The summed E-state index contributed by atoms with van der Waals surface area (Å²) in [6.45, 7) is 3.02. The molecule has 2 aromatic carbocycles. The lowest BCUT2D eigenvalue weighted by molar-refractivity contribution is -0.146. The fourth-order valence-corrected chi connectivity index (χ4v) is 4.40. The van der Waals surface area contributed by atoms with Gasteiger partial charge in [-0.25, -0.2) is 13.6 Å². The van der Waals surface area contributed by atoms with Gasteiger partial charge in [0, 0.05) is 22.6 Å². The third-order valence-corrected chi connectivity index (χ3v) is 6.51. The maximum Gasteiger partial charge on any atom is 0.310 e. The van der Waals surface area contributed by atoms with E-state index in [0.29, 0.717) is 28.4 Å². The van der Waals surface area contributed by atoms with Crippen LogP contribution < -0.4 is 15.2 Å². The van der Waals surface area contributed by atoms with Crippen LogP contribution in [-0.4, -0.2) is 43.4 Å². The molecule has 4 rings (SSSR count). The number of para-hydroxylation sites is 2. The number of nitrogens with zero attached hydrogens (tertiary/aromatic N) is 1. The quantitative estimate of drug-likeness (QED) is 0.376. The number of ether oxygens (including phenoxy) is 2. The number of nitrogens with one attached hydrogen (secondary N) is 1. The summed E-state index contributed by atoms with van der Waals surface area (Å²) in [6.07, 6.45) is -1.40. The van der Waals surface area contributed by atoms with Crippen LogP contribution in [0, 0.1) is 13.8 Å². The van der Waals surface area contributed by atoms with Crippen LogP contribution in [0.5, 0.6) is 5.75 Å². The van der Waals surface area contributed by atoms with E-state index in [4.69, 9.17) is 14.6 Å². The number of amides is 1. The number of hydrogen-bond donors (Lipinski definition) is 2. The number of rotatable bonds is 7. The Hall–Kier alpha value is -3.96. The lowest BCUT2D eigenvalue weighted by atomic mass is 10.1. The van der Waals surface area contributed by atoms with Gasteiger partial charge in [-0.05, 0) is 56.3 Å². The Morgan fingerprint density at radius 1 is 1.11 bits per heavy atom. The minimum atomic E-state index is -3.82. The Balaban J connectivity index is 1.41. The number of carbonyl (C=O) groups excluding carboxylic acids is 3. The highest BCUT2D eigenvalue weighted by molar-refractivity contribution is 7.89. The molecule has 11 heteroatoms. The van der Waals surface area contributed by atoms with Gasteiger partial charge in [0.25, 0.3) is 5.91 Å². The Morgan fingerprint density at radius 2 is 1.80 bits per heavy atom. The molecule has 0 saturated heterocycles. The first-order valence-corrected chi connectivity index (χ1v) is 12.2. The van der Waals surface area contributed by atoms with Crippen molar-refractivity contribution in [2.24, 2.45) is 5.14 Å². The van der Waals surface area contributed by atoms with Gasteiger partial charge in [-0.2, -0.15) is 0 Å². The van der Waals surface area contributed by atoms with E-state index in [-0.39, 0.29) is 11.3 Å². The van der Waals surface area contributed by atoms with E-state index in [2.05, 4.69) is 5.32 Å². The molecule has 1 amide bonds. The fraction of sp³-hybridized carbons (Fsp3) is 0.208. The van der Waals surface area contributed by atoms with Gasteiger partial charge in [0.05, 0.1) is 17.0 Å². The van der Waals surface area contributed by atoms with E-state index in [0.717, 1.165) is 5.69 Å². The van der Waals surface area contributed by atoms with E-state index in [1.54, 1.807) is 60.9 Å². The number of ketones is 1. The number of anilines is 1. The van der Waals surface area contributed by atoms with Crippen LogP contribution in [-0.2, 0) is 24.3 Å². The second-order valence-corrected chi connectivity index (χ2v) is 9.60. The maximum atomic E-state index is 12.8. The summed E-state index contributed by atoms with van der Waals surface area (Å²) in [6, 6.07) is 14.5. The molecule has 0 saturated carbocycles. The number of sulfonamides is 1. The number of Topliss-reactive ketones (excluding diaryl/α,β-unsaturated/α-hetero) is 1. The minimum absolute atomic E-state index is 0.0222. The molecule has 10 nitrogen and oxygen atoms in total. The van der Waals surface area contributed by atoms with Gasteiger partial charge in [0.2, 0.25) is 15.8 Å². The third-order valence-electron chi connectivity index (χ3n) is 5.58. The van der Waals surface area contributed by atoms with Gasteiger partial charge in [-0.15, -0.1) is 0 Å². The molecule has 1 aliphatic heterocycles. The lowest BCUT2D eigenvalue weighted by Crippen LogP contribution is -2.39. The Morgan fingerprint density at radius 3 is 2.49 bits per heavy atom. The SMILES string of the molecule is Cc1cc(C(=O)COC(=O)C[C@@H]2Oc3ccccc3NC2=O)c(C)n1-c1ccc(S(N)(=O)=O)cc1. The Bertz CT molecular complexity index is 1430. The number of carbonyl (C=O) groups is 3. The highest BCUT2D eigenvalue weighted by Gasteiger charge is 2.30. The molecule has 0 unspecified atom stereocenters. The van der Waals surface area contributed by atoms with Crippen molar-refractivity contribution >= 4 is 33.4 Å². The first-order valence-electron chi connectivity index (χ1n) is 10.6. The van der Waals surface area contributed by atoms with Gasteiger partial charge in [0.1, 0.15) is 5.75 Å². The average molecular weight is 498 g/mol. The molecule has 1 aromatic heterocycles. The van der Waals surface area contributed by atoms with Gasteiger partial charge in [-0.3, -0.25) is 14.4 Å². The summed E-state index contributed by atoms with van der Waals surface area (Å²) in [5, 5.41) is 7.81. The lowest BCUT2D eigenvalue weighted by Gasteiger charge is -2.25. The van der Waals surface area contributed by atoms with Crippen molar-refractivity contribution in [2.75, 3.05) is 11.9 Å². The van der Waals surface area contributed by atoms with Crippen molar-refractivity contribution < 1.29 is 32.3 Å². The van der Waals surface area contributed by atoms with Crippen LogP contribution in [0.1, 0.15) is 28.2 Å². The van der Waals surface area contributed by atoms with Gasteiger partial charge in [0.15, 0.2) is 12.7 Å². The monoisotopic (exact) mass is 497 g/mol. The minimum Gasteiger partial charge on any atom is -0.478 e. The second-order valence-electron chi connectivity index (χ2n) is 8.04. The third kappa shape index (κ3) is 5.10. The molecule has 35 heavy (non-hydrogen) atoms. The zero-order valence-electron chi connectivity index (χ0n) is 19.0. The maximum absolute atomic E-state index is 12.8. The first kappa shape index (κ1) is 24.2. The van der Waals surface area contributed by atoms with Crippen molar-refractivity contribution in [3.05, 3.63) is 71.5 Å². The summed E-state index contributed by atoms with van der Waals surface area (Å²) in [5.41, 5.74) is 2.84. The molecular weight excluding hydrogens is 474 g/mol. The molecule has 3 N–H and O–H groups in total. The second kappa shape index (κ2) is 9.35. The van der Waals surface area contributed by atoms with Crippen LogP contribution in [0.2, 0.25) is 0 Å². The number of nitrogens with two attached hydrogens (primary N) is 1. The predicted molar refractivity (Wildman–Crippen MR) is 126 cm³/mol. The molecule has 1 atom stereocenters.